The van der Waals surface area contributed by atoms with E-state index in [-0.39, 0.29) is 6.04 Å². The molecule has 1 unspecified atom stereocenters. The number of piperazine rings is 1. The number of hydrogen-bond donors (Lipinski definition) is 0. The van der Waals surface area contributed by atoms with Crippen LogP contribution in [-0.4, -0.2) is 51.1 Å². The van der Waals surface area contributed by atoms with E-state index in [0.29, 0.717) is 10.9 Å². The number of nitrogens with zero attached hydrogens (tertiary/aromatic N) is 5. The summed E-state index contributed by atoms with van der Waals surface area (Å²) in [7, 11) is 0. The molecule has 2 fully saturated rings. The molecule has 1 aliphatic heterocycles. The molecular weight excluding hydrogens is 402 g/mol. The lowest BCUT2D eigenvalue weighted by atomic mass is 10.1. The Morgan fingerprint density at radius 1 is 1.10 bits per heavy atom. The highest BCUT2D eigenvalue weighted by Crippen LogP contribution is 2.39. The van der Waals surface area contributed by atoms with Gasteiger partial charge in [-0.05, 0) is 51.0 Å². The fourth-order valence-corrected chi connectivity index (χ4v) is 4.08. The highest BCUT2D eigenvalue weighted by atomic mass is 35.5. The molecule has 2 aliphatic rings. The zero-order chi connectivity index (χ0) is 20.7. The summed E-state index contributed by atoms with van der Waals surface area (Å²) in [4.78, 5) is 14.1. The maximum atomic E-state index is 6.17. The van der Waals surface area contributed by atoms with Crippen molar-refractivity contribution in [3.05, 3.63) is 52.6 Å². The van der Waals surface area contributed by atoms with Crippen LogP contribution in [0.3, 0.4) is 0 Å². The summed E-state index contributed by atoms with van der Waals surface area (Å²) < 4.78 is 11.5. The number of aromatic nitrogens is 3. The topological polar surface area (TPSA) is 71.4 Å². The molecule has 0 radical (unpaired) electrons. The molecule has 0 amide bonds. The van der Waals surface area contributed by atoms with E-state index in [0.717, 1.165) is 67.3 Å². The van der Waals surface area contributed by atoms with Crippen molar-refractivity contribution in [2.45, 2.75) is 45.2 Å². The number of halogens is 1. The molecule has 0 bridgehead atoms. The number of rotatable bonds is 6. The molecule has 158 valence electrons. The predicted octanol–water partition coefficient (Wildman–Crippen LogP) is 4.44. The Bertz CT molecular complexity index is 1000. The average molecular weight is 428 g/mol. The Morgan fingerprint density at radius 2 is 1.83 bits per heavy atom. The molecule has 0 N–H and O–H groups in total. The molecule has 1 aromatic carbocycles. The van der Waals surface area contributed by atoms with Gasteiger partial charge < -0.3 is 8.94 Å². The highest BCUT2D eigenvalue weighted by Gasteiger charge is 2.30. The Balaban J connectivity index is 1.19. The molecule has 1 aliphatic carbocycles. The average Bonchev–Trinajstić information content (AvgIpc) is 3.38. The second kappa shape index (κ2) is 8.13. The van der Waals surface area contributed by atoms with Gasteiger partial charge in [-0.25, -0.2) is 4.98 Å². The van der Waals surface area contributed by atoms with Crippen molar-refractivity contribution >= 4 is 11.6 Å². The van der Waals surface area contributed by atoms with Crippen LogP contribution in [0.4, 0.5) is 0 Å². The first-order valence-electron chi connectivity index (χ1n) is 10.6. The monoisotopic (exact) mass is 427 g/mol. The van der Waals surface area contributed by atoms with E-state index >= 15 is 0 Å². The van der Waals surface area contributed by atoms with Gasteiger partial charge in [0.05, 0.1) is 18.3 Å². The first-order valence-corrected chi connectivity index (χ1v) is 11.0. The molecule has 1 saturated heterocycles. The van der Waals surface area contributed by atoms with Crippen LogP contribution in [0, 0.1) is 6.92 Å². The SMILES string of the molecule is Cc1nc(C(C)N2CCN(Cc3noc(C4CC4)n3)CC2)oc1-c1ccc(Cl)cc1. The van der Waals surface area contributed by atoms with Crippen LogP contribution in [0.25, 0.3) is 11.3 Å². The van der Waals surface area contributed by atoms with Gasteiger partial charge in [0.25, 0.3) is 0 Å². The van der Waals surface area contributed by atoms with E-state index in [1.165, 1.54) is 12.8 Å². The fourth-order valence-electron chi connectivity index (χ4n) is 3.96. The summed E-state index contributed by atoms with van der Waals surface area (Å²) in [6.45, 7) is 8.72. The maximum Gasteiger partial charge on any atom is 0.229 e. The first-order chi connectivity index (χ1) is 14.6. The summed E-state index contributed by atoms with van der Waals surface area (Å²) in [6.07, 6.45) is 2.36. The zero-order valence-corrected chi connectivity index (χ0v) is 18.1. The van der Waals surface area contributed by atoms with E-state index in [2.05, 4.69) is 26.9 Å². The summed E-state index contributed by atoms with van der Waals surface area (Å²) >= 11 is 6.01. The fraction of sp³-hybridized carbons (Fsp3) is 0.500. The van der Waals surface area contributed by atoms with Crippen molar-refractivity contribution in [3.63, 3.8) is 0 Å². The molecule has 1 atom stereocenters. The lowest BCUT2D eigenvalue weighted by molar-refractivity contribution is 0.0857. The third-order valence-corrected chi connectivity index (χ3v) is 6.26. The minimum atomic E-state index is 0.124. The van der Waals surface area contributed by atoms with E-state index in [1.54, 1.807) is 0 Å². The van der Waals surface area contributed by atoms with Crippen LogP contribution >= 0.6 is 11.6 Å². The molecule has 8 heteroatoms. The van der Waals surface area contributed by atoms with Crippen LogP contribution < -0.4 is 0 Å². The first kappa shape index (κ1) is 19.7. The molecule has 30 heavy (non-hydrogen) atoms. The third-order valence-electron chi connectivity index (χ3n) is 6.01. The molecule has 7 nitrogen and oxygen atoms in total. The van der Waals surface area contributed by atoms with Crippen LogP contribution in [-0.2, 0) is 6.54 Å². The standard InChI is InChI=1S/C22H26ClN5O2/c1-14-20(16-5-7-18(23)8-6-16)29-21(24-14)15(2)28-11-9-27(10-12-28)13-19-25-22(30-26-19)17-3-4-17/h5-8,15,17H,3-4,9-13H2,1-2H3. The molecule has 0 spiro atoms. The van der Waals surface area contributed by atoms with Gasteiger partial charge >= 0.3 is 0 Å². The van der Waals surface area contributed by atoms with E-state index in [1.807, 2.05) is 31.2 Å². The van der Waals surface area contributed by atoms with Crippen LogP contribution in [0.5, 0.6) is 0 Å². The van der Waals surface area contributed by atoms with Crippen molar-refractivity contribution in [1.82, 2.24) is 24.9 Å². The second-order valence-electron chi connectivity index (χ2n) is 8.28. The summed E-state index contributed by atoms with van der Waals surface area (Å²) in [5, 5.41) is 4.86. The van der Waals surface area contributed by atoms with Gasteiger partial charge in [-0.15, -0.1) is 0 Å². The Morgan fingerprint density at radius 3 is 2.53 bits per heavy atom. The number of hydrogen-bond acceptors (Lipinski definition) is 7. The largest absolute Gasteiger partial charge is 0.439 e. The van der Waals surface area contributed by atoms with Gasteiger partial charge in [-0.3, -0.25) is 9.80 Å². The Labute approximate surface area is 181 Å². The van der Waals surface area contributed by atoms with Gasteiger partial charge in [-0.1, -0.05) is 16.8 Å². The second-order valence-corrected chi connectivity index (χ2v) is 8.72. The predicted molar refractivity (Wildman–Crippen MR) is 113 cm³/mol. The van der Waals surface area contributed by atoms with Crippen LogP contribution in [0.2, 0.25) is 5.02 Å². The van der Waals surface area contributed by atoms with Gasteiger partial charge in [-0.2, -0.15) is 4.98 Å². The van der Waals surface area contributed by atoms with Crippen molar-refractivity contribution in [2.24, 2.45) is 0 Å². The molecule has 5 rings (SSSR count). The summed E-state index contributed by atoms with van der Waals surface area (Å²) in [5.41, 5.74) is 1.90. The van der Waals surface area contributed by atoms with E-state index in [4.69, 9.17) is 25.5 Å². The summed E-state index contributed by atoms with van der Waals surface area (Å²) in [5.74, 6) is 3.70. The molecule has 1 saturated carbocycles. The Kier molecular flexibility index (Phi) is 5.35. The van der Waals surface area contributed by atoms with E-state index < -0.39 is 0 Å². The van der Waals surface area contributed by atoms with Crippen LogP contribution in [0.1, 0.15) is 55.0 Å². The highest BCUT2D eigenvalue weighted by molar-refractivity contribution is 6.30. The third kappa shape index (κ3) is 4.15. The van der Waals surface area contributed by atoms with Crippen LogP contribution in [0.15, 0.2) is 33.2 Å². The maximum absolute atomic E-state index is 6.17. The number of oxazole rings is 1. The normalized spacial score (nSPS) is 19.3. The van der Waals surface area contributed by atoms with Crippen molar-refractivity contribution in [2.75, 3.05) is 26.2 Å². The minimum Gasteiger partial charge on any atom is -0.439 e. The number of aryl methyl sites for hydroxylation is 1. The van der Waals surface area contributed by atoms with Gasteiger partial charge in [0, 0.05) is 42.7 Å². The zero-order valence-electron chi connectivity index (χ0n) is 17.3. The minimum absolute atomic E-state index is 0.124. The van der Waals surface area contributed by atoms with Crippen molar-refractivity contribution in [1.29, 1.82) is 0 Å². The smallest absolute Gasteiger partial charge is 0.229 e. The lowest BCUT2D eigenvalue weighted by Crippen LogP contribution is -2.46. The van der Waals surface area contributed by atoms with Gasteiger partial charge in [0.1, 0.15) is 0 Å². The molecule has 2 aromatic heterocycles. The Hall–Kier alpha value is -2.22. The lowest BCUT2D eigenvalue weighted by Gasteiger charge is -2.36. The molecular formula is C22H26ClN5O2. The number of benzene rings is 1. The van der Waals surface area contributed by atoms with Crippen molar-refractivity contribution in [3.8, 4) is 11.3 Å². The molecule has 3 aromatic rings. The van der Waals surface area contributed by atoms with Gasteiger partial charge in [0.2, 0.25) is 11.8 Å². The quantitative estimate of drug-likeness (QED) is 0.575. The van der Waals surface area contributed by atoms with E-state index in [9.17, 15) is 0 Å². The van der Waals surface area contributed by atoms with Crippen molar-refractivity contribution < 1.29 is 8.94 Å². The molecule has 3 heterocycles. The summed E-state index contributed by atoms with van der Waals surface area (Å²) in [6, 6.07) is 7.81. The van der Waals surface area contributed by atoms with Gasteiger partial charge in [0.15, 0.2) is 11.6 Å².